The Morgan fingerprint density at radius 2 is 1.94 bits per heavy atom. The SMILES string of the molecule is C=C(C)C[NH+](CC)C1CCN(C(C)=O)CC1. The molecule has 3 heteroatoms. The van der Waals surface area contributed by atoms with Crippen molar-refractivity contribution in [1.29, 1.82) is 0 Å². The van der Waals surface area contributed by atoms with E-state index >= 15 is 0 Å². The molecule has 92 valence electrons. The second-order valence-electron chi connectivity index (χ2n) is 4.93. The van der Waals surface area contributed by atoms with Gasteiger partial charge in [-0.25, -0.2) is 0 Å². The minimum Gasteiger partial charge on any atom is -0.342 e. The van der Waals surface area contributed by atoms with Gasteiger partial charge in [0.2, 0.25) is 5.91 Å². The van der Waals surface area contributed by atoms with Gasteiger partial charge in [0.05, 0.1) is 19.1 Å². The van der Waals surface area contributed by atoms with Crippen molar-refractivity contribution in [3.8, 4) is 0 Å². The van der Waals surface area contributed by atoms with E-state index in [4.69, 9.17) is 0 Å². The number of amides is 1. The monoisotopic (exact) mass is 225 g/mol. The first kappa shape index (κ1) is 13.2. The van der Waals surface area contributed by atoms with Crippen molar-refractivity contribution in [3.05, 3.63) is 12.2 Å². The fraction of sp³-hybridized carbons (Fsp3) is 0.769. The Hall–Kier alpha value is -0.830. The standard InChI is InChI=1S/C13H24N2O/c1-5-14(10-11(2)3)13-6-8-15(9-7-13)12(4)16/h13H,2,5-10H2,1,3-4H3/p+1. The number of piperidine rings is 1. The van der Waals surface area contributed by atoms with Crippen LogP contribution in [0.1, 0.15) is 33.6 Å². The summed E-state index contributed by atoms with van der Waals surface area (Å²) in [5.74, 6) is 0.219. The predicted molar refractivity (Wildman–Crippen MR) is 66.5 cm³/mol. The van der Waals surface area contributed by atoms with E-state index in [1.165, 1.54) is 5.57 Å². The van der Waals surface area contributed by atoms with Gasteiger partial charge in [-0.1, -0.05) is 6.58 Å². The van der Waals surface area contributed by atoms with Crippen LogP contribution in [-0.4, -0.2) is 43.0 Å². The smallest absolute Gasteiger partial charge is 0.219 e. The zero-order valence-electron chi connectivity index (χ0n) is 10.9. The Balaban J connectivity index is 2.44. The molecule has 0 aromatic heterocycles. The molecule has 0 aromatic rings. The third-order valence-electron chi connectivity index (χ3n) is 3.50. The molecular weight excluding hydrogens is 200 g/mol. The van der Waals surface area contributed by atoms with Crippen LogP contribution in [0.2, 0.25) is 0 Å². The molecule has 1 fully saturated rings. The Bertz CT molecular complexity index is 255. The molecule has 1 N–H and O–H groups in total. The van der Waals surface area contributed by atoms with E-state index in [1.807, 2.05) is 4.90 Å². The van der Waals surface area contributed by atoms with Gasteiger partial charge in [-0.15, -0.1) is 0 Å². The third kappa shape index (κ3) is 3.63. The number of hydrogen-bond acceptors (Lipinski definition) is 1. The highest BCUT2D eigenvalue weighted by Gasteiger charge is 2.27. The summed E-state index contributed by atoms with van der Waals surface area (Å²) in [4.78, 5) is 14.8. The van der Waals surface area contributed by atoms with Crippen molar-refractivity contribution < 1.29 is 9.69 Å². The number of rotatable bonds is 4. The van der Waals surface area contributed by atoms with E-state index in [9.17, 15) is 4.79 Å². The number of nitrogens with one attached hydrogen (secondary N) is 1. The molecule has 1 amide bonds. The van der Waals surface area contributed by atoms with Gasteiger partial charge in [-0.2, -0.15) is 0 Å². The minimum absolute atomic E-state index is 0.219. The second kappa shape index (κ2) is 6.04. The maximum absolute atomic E-state index is 11.2. The lowest BCUT2D eigenvalue weighted by atomic mass is 10.0. The molecule has 0 saturated carbocycles. The van der Waals surface area contributed by atoms with Gasteiger partial charge in [-0.3, -0.25) is 4.79 Å². The van der Waals surface area contributed by atoms with E-state index in [-0.39, 0.29) is 5.91 Å². The lowest BCUT2D eigenvalue weighted by Crippen LogP contribution is -3.16. The lowest BCUT2D eigenvalue weighted by molar-refractivity contribution is -0.920. The van der Waals surface area contributed by atoms with Gasteiger partial charge in [0.1, 0.15) is 0 Å². The molecule has 1 aliphatic rings. The maximum Gasteiger partial charge on any atom is 0.219 e. The molecule has 1 rings (SSSR count). The summed E-state index contributed by atoms with van der Waals surface area (Å²) in [5.41, 5.74) is 1.26. The number of hydrogen-bond donors (Lipinski definition) is 1. The molecule has 0 radical (unpaired) electrons. The van der Waals surface area contributed by atoms with Crippen LogP contribution >= 0.6 is 0 Å². The quantitative estimate of drug-likeness (QED) is 0.692. The summed E-state index contributed by atoms with van der Waals surface area (Å²) in [6.07, 6.45) is 2.27. The molecule has 1 saturated heterocycles. The Labute approximate surface area is 99.1 Å². The normalized spacial score (nSPS) is 19.6. The molecule has 0 aliphatic carbocycles. The minimum atomic E-state index is 0.219. The molecule has 1 unspecified atom stereocenters. The lowest BCUT2D eigenvalue weighted by Gasteiger charge is -2.35. The Morgan fingerprint density at radius 1 is 1.38 bits per heavy atom. The highest BCUT2D eigenvalue weighted by molar-refractivity contribution is 5.73. The fourth-order valence-electron chi connectivity index (χ4n) is 2.55. The van der Waals surface area contributed by atoms with Crippen LogP contribution in [-0.2, 0) is 4.79 Å². The van der Waals surface area contributed by atoms with Crippen LogP contribution < -0.4 is 4.90 Å². The number of nitrogens with zero attached hydrogens (tertiary/aromatic N) is 1. The summed E-state index contributed by atoms with van der Waals surface area (Å²) < 4.78 is 0. The largest absolute Gasteiger partial charge is 0.342 e. The van der Waals surface area contributed by atoms with Gasteiger partial charge in [0, 0.05) is 32.9 Å². The van der Waals surface area contributed by atoms with E-state index in [0.29, 0.717) is 6.04 Å². The Morgan fingerprint density at radius 3 is 2.31 bits per heavy atom. The summed E-state index contributed by atoms with van der Waals surface area (Å²) in [5, 5.41) is 0. The van der Waals surface area contributed by atoms with Crippen molar-refractivity contribution in [2.45, 2.75) is 39.7 Å². The summed E-state index contributed by atoms with van der Waals surface area (Å²) in [7, 11) is 0. The fourth-order valence-corrected chi connectivity index (χ4v) is 2.55. The van der Waals surface area contributed by atoms with Crippen LogP contribution in [0.3, 0.4) is 0 Å². The maximum atomic E-state index is 11.2. The zero-order valence-corrected chi connectivity index (χ0v) is 10.9. The molecule has 0 aromatic carbocycles. The average molecular weight is 225 g/mol. The van der Waals surface area contributed by atoms with Crippen molar-refractivity contribution in [2.24, 2.45) is 0 Å². The van der Waals surface area contributed by atoms with Crippen LogP contribution in [0.5, 0.6) is 0 Å². The summed E-state index contributed by atoms with van der Waals surface area (Å²) >= 11 is 0. The molecule has 1 aliphatic heterocycles. The van der Waals surface area contributed by atoms with E-state index in [0.717, 1.165) is 39.0 Å². The van der Waals surface area contributed by atoms with Crippen molar-refractivity contribution >= 4 is 5.91 Å². The van der Waals surface area contributed by atoms with Crippen LogP contribution in [0.4, 0.5) is 0 Å². The molecule has 16 heavy (non-hydrogen) atoms. The van der Waals surface area contributed by atoms with Crippen molar-refractivity contribution in [3.63, 3.8) is 0 Å². The van der Waals surface area contributed by atoms with Crippen LogP contribution in [0.25, 0.3) is 0 Å². The first-order valence-corrected chi connectivity index (χ1v) is 6.29. The molecular formula is C13H25N2O+. The highest BCUT2D eigenvalue weighted by Crippen LogP contribution is 2.08. The van der Waals surface area contributed by atoms with Crippen molar-refractivity contribution in [2.75, 3.05) is 26.2 Å². The number of likely N-dealkylation sites (tertiary alicyclic amines) is 1. The van der Waals surface area contributed by atoms with Gasteiger partial charge < -0.3 is 9.80 Å². The molecule has 1 heterocycles. The first-order valence-electron chi connectivity index (χ1n) is 6.29. The van der Waals surface area contributed by atoms with E-state index < -0.39 is 0 Å². The second-order valence-corrected chi connectivity index (χ2v) is 4.93. The summed E-state index contributed by atoms with van der Waals surface area (Å²) in [6, 6.07) is 0.706. The highest BCUT2D eigenvalue weighted by atomic mass is 16.2. The molecule has 0 spiro atoms. The molecule has 1 atom stereocenters. The molecule has 3 nitrogen and oxygen atoms in total. The average Bonchev–Trinajstić information content (AvgIpc) is 2.25. The first-order chi connectivity index (χ1) is 7.54. The topological polar surface area (TPSA) is 24.8 Å². The Kier molecular flexibility index (Phi) is 5.00. The van der Waals surface area contributed by atoms with Gasteiger partial charge in [-0.05, 0) is 19.4 Å². The number of quaternary nitrogens is 1. The van der Waals surface area contributed by atoms with Gasteiger partial charge in [0.15, 0.2) is 0 Å². The predicted octanol–water partition coefficient (Wildman–Crippen LogP) is 0.478. The van der Waals surface area contributed by atoms with Gasteiger partial charge in [0.25, 0.3) is 0 Å². The van der Waals surface area contributed by atoms with Crippen LogP contribution in [0.15, 0.2) is 12.2 Å². The summed E-state index contributed by atoms with van der Waals surface area (Å²) in [6.45, 7) is 14.1. The number of carbonyl (C=O) groups excluding carboxylic acids is 1. The number of likely N-dealkylation sites (N-methyl/N-ethyl adjacent to an activating group) is 1. The van der Waals surface area contributed by atoms with E-state index in [2.05, 4.69) is 20.4 Å². The van der Waals surface area contributed by atoms with Crippen molar-refractivity contribution in [1.82, 2.24) is 4.90 Å². The molecule has 0 bridgehead atoms. The zero-order chi connectivity index (χ0) is 12.1. The number of carbonyl (C=O) groups is 1. The third-order valence-corrected chi connectivity index (χ3v) is 3.50. The van der Waals surface area contributed by atoms with E-state index in [1.54, 1.807) is 11.8 Å². The van der Waals surface area contributed by atoms with Crippen LogP contribution in [0, 0.1) is 0 Å². The van der Waals surface area contributed by atoms with Gasteiger partial charge >= 0.3 is 0 Å².